The van der Waals surface area contributed by atoms with Crippen molar-refractivity contribution in [2.24, 2.45) is 0 Å². The lowest BCUT2D eigenvalue weighted by Gasteiger charge is -2.19. The number of hydrogen-bond acceptors (Lipinski definition) is 4. The van der Waals surface area contributed by atoms with E-state index >= 15 is 0 Å². The van der Waals surface area contributed by atoms with Crippen molar-refractivity contribution < 1.29 is 18.4 Å². The molecule has 0 aromatic heterocycles. The molecule has 0 aliphatic carbocycles. The molecule has 0 aliphatic rings. The van der Waals surface area contributed by atoms with Crippen LogP contribution in [0.3, 0.4) is 0 Å². The van der Waals surface area contributed by atoms with Crippen molar-refractivity contribution in [3.63, 3.8) is 0 Å². The smallest absolute Gasteiger partial charge is 0.407 e. The summed E-state index contributed by atoms with van der Waals surface area (Å²) in [5.74, 6) is 0. The van der Waals surface area contributed by atoms with Crippen LogP contribution in [0.5, 0.6) is 0 Å². The molecule has 0 aliphatic heterocycles. The Bertz CT molecular complexity index is 210. The standard InChI is InChI=1S/C12H26NO4Si/c1-5-15-12(14)13-10-8-9-11(4)18(16-6-2)17-7-3/h11H,5-10H2,1-4H3,(H,13,14). The highest BCUT2D eigenvalue weighted by molar-refractivity contribution is 6.46. The largest absolute Gasteiger partial charge is 0.450 e. The molecule has 1 atom stereocenters. The molecule has 1 amide bonds. The topological polar surface area (TPSA) is 56.8 Å². The number of alkyl carbamates (subject to hydrolysis) is 1. The Morgan fingerprint density at radius 1 is 1.17 bits per heavy atom. The Labute approximate surface area is 112 Å². The minimum absolute atomic E-state index is 0.342. The minimum atomic E-state index is -1.18. The highest BCUT2D eigenvalue weighted by Gasteiger charge is 2.23. The van der Waals surface area contributed by atoms with Crippen LogP contribution in [0.15, 0.2) is 0 Å². The lowest BCUT2D eigenvalue weighted by Crippen LogP contribution is -2.29. The first kappa shape index (κ1) is 17.4. The Morgan fingerprint density at radius 3 is 2.28 bits per heavy atom. The molecule has 0 heterocycles. The summed E-state index contributed by atoms with van der Waals surface area (Å²) in [6.07, 6.45) is 1.56. The third-order valence-corrected chi connectivity index (χ3v) is 4.57. The fourth-order valence-electron chi connectivity index (χ4n) is 1.51. The molecule has 1 radical (unpaired) electrons. The van der Waals surface area contributed by atoms with Crippen LogP contribution >= 0.6 is 0 Å². The number of carbonyl (C=O) groups excluding carboxylic acids is 1. The fraction of sp³-hybridized carbons (Fsp3) is 0.917. The van der Waals surface area contributed by atoms with E-state index in [0.29, 0.717) is 31.9 Å². The fourth-order valence-corrected chi connectivity index (χ4v) is 3.17. The van der Waals surface area contributed by atoms with Gasteiger partial charge in [-0.1, -0.05) is 6.92 Å². The van der Waals surface area contributed by atoms with Crippen molar-refractivity contribution in [1.82, 2.24) is 5.32 Å². The predicted molar refractivity (Wildman–Crippen MR) is 72.7 cm³/mol. The second kappa shape index (κ2) is 11.5. The van der Waals surface area contributed by atoms with Crippen LogP contribution in [-0.2, 0) is 13.6 Å². The second-order valence-electron chi connectivity index (χ2n) is 3.88. The van der Waals surface area contributed by atoms with E-state index < -0.39 is 9.28 Å². The third-order valence-electron chi connectivity index (χ3n) is 2.33. The predicted octanol–water partition coefficient (Wildman–Crippen LogP) is 2.46. The van der Waals surface area contributed by atoms with E-state index in [1.165, 1.54) is 0 Å². The summed E-state index contributed by atoms with van der Waals surface area (Å²) in [6, 6.07) is 0. The molecule has 6 heteroatoms. The van der Waals surface area contributed by atoms with Gasteiger partial charge >= 0.3 is 15.4 Å². The van der Waals surface area contributed by atoms with Gasteiger partial charge in [-0.3, -0.25) is 0 Å². The summed E-state index contributed by atoms with van der Waals surface area (Å²) in [7, 11) is -1.18. The molecule has 0 fully saturated rings. The molecule has 5 nitrogen and oxygen atoms in total. The normalized spacial score (nSPS) is 12.5. The summed E-state index contributed by atoms with van der Waals surface area (Å²) >= 11 is 0. The van der Waals surface area contributed by atoms with E-state index in [1.807, 2.05) is 13.8 Å². The lowest BCUT2D eigenvalue weighted by molar-refractivity contribution is 0.152. The van der Waals surface area contributed by atoms with Crippen LogP contribution in [0.2, 0.25) is 5.54 Å². The van der Waals surface area contributed by atoms with Crippen molar-refractivity contribution >= 4 is 15.4 Å². The average Bonchev–Trinajstić information content (AvgIpc) is 2.34. The van der Waals surface area contributed by atoms with Crippen molar-refractivity contribution in [3.8, 4) is 0 Å². The number of carbonyl (C=O) groups is 1. The zero-order chi connectivity index (χ0) is 13.8. The summed E-state index contributed by atoms with van der Waals surface area (Å²) in [5.41, 5.74) is 0.416. The first-order valence-corrected chi connectivity index (χ1v) is 8.08. The number of nitrogens with one attached hydrogen (secondary N) is 1. The Hall–Kier alpha value is -0.593. The highest BCUT2D eigenvalue weighted by Crippen LogP contribution is 2.18. The molecule has 1 N–H and O–H groups in total. The monoisotopic (exact) mass is 276 g/mol. The van der Waals surface area contributed by atoms with E-state index in [0.717, 1.165) is 12.8 Å². The van der Waals surface area contributed by atoms with Crippen molar-refractivity contribution in [3.05, 3.63) is 0 Å². The average molecular weight is 276 g/mol. The van der Waals surface area contributed by atoms with Gasteiger partial charge in [0.25, 0.3) is 0 Å². The first-order valence-electron chi connectivity index (χ1n) is 6.68. The number of hydrogen-bond donors (Lipinski definition) is 1. The SMILES string of the molecule is CCOC(=O)NCCCC(C)[Si](OCC)OCC. The third kappa shape index (κ3) is 8.49. The van der Waals surface area contributed by atoms with Crippen molar-refractivity contribution in [2.45, 2.75) is 46.1 Å². The van der Waals surface area contributed by atoms with Gasteiger partial charge in [0.15, 0.2) is 0 Å². The van der Waals surface area contributed by atoms with Crippen LogP contribution in [0.4, 0.5) is 4.79 Å². The van der Waals surface area contributed by atoms with Gasteiger partial charge in [0.2, 0.25) is 0 Å². The van der Waals surface area contributed by atoms with Crippen molar-refractivity contribution in [2.75, 3.05) is 26.4 Å². The summed E-state index contributed by atoms with van der Waals surface area (Å²) < 4.78 is 16.0. The van der Waals surface area contributed by atoms with Gasteiger partial charge in [-0.15, -0.1) is 0 Å². The molecule has 107 valence electrons. The van der Waals surface area contributed by atoms with Gasteiger partial charge in [-0.05, 0) is 33.6 Å². The van der Waals surface area contributed by atoms with Crippen LogP contribution < -0.4 is 5.32 Å². The Balaban J connectivity index is 3.72. The van der Waals surface area contributed by atoms with E-state index in [-0.39, 0.29) is 6.09 Å². The maximum Gasteiger partial charge on any atom is 0.407 e. The molecule has 0 saturated heterocycles. The first-order chi connectivity index (χ1) is 8.65. The highest BCUT2D eigenvalue weighted by atomic mass is 28.3. The zero-order valence-corrected chi connectivity index (χ0v) is 13.0. The van der Waals surface area contributed by atoms with Crippen LogP contribution in [0, 0.1) is 0 Å². The molecule has 0 aromatic rings. The number of ether oxygens (including phenoxy) is 1. The van der Waals surface area contributed by atoms with Crippen LogP contribution in [0.1, 0.15) is 40.5 Å². The van der Waals surface area contributed by atoms with Gasteiger partial charge in [-0.25, -0.2) is 4.79 Å². The lowest BCUT2D eigenvalue weighted by atomic mass is 10.2. The molecular weight excluding hydrogens is 250 g/mol. The maximum atomic E-state index is 11.1. The molecule has 0 rings (SSSR count). The summed E-state index contributed by atoms with van der Waals surface area (Å²) in [4.78, 5) is 11.1. The van der Waals surface area contributed by atoms with Crippen LogP contribution in [0.25, 0.3) is 0 Å². The number of rotatable bonds is 10. The molecule has 1 unspecified atom stereocenters. The summed E-state index contributed by atoms with van der Waals surface area (Å²) in [6.45, 7) is 10.3. The second-order valence-corrected chi connectivity index (χ2v) is 6.08. The van der Waals surface area contributed by atoms with E-state index in [4.69, 9.17) is 13.6 Å². The molecule has 0 saturated carbocycles. The quantitative estimate of drug-likeness (QED) is 0.492. The van der Waals surface area contributed by atoms with E-state index in [9.17, 15) is 4.79 Å². The Morgan fingerprint density at radius 2 is 1.78 bits per heavy atom. The number of amides is 1. The molecule has 0 spiro atoms. The van der Waals surface area contributed by atoms with E-state index in [1.54, 1.807) is 6.92 Å². The minimum Gasteiger partial charge on any atom is -0.450 e. The molecule has 0 aromatic carbocycles. The van der Waals surface area contributed by atoms with Gasteiger partial charge in [-0.2, -0.15) is 0 Å². The molecule has 0 bridgehead atoms. The maximum absolute atomic E-state index is 11.1. The summed E-state index contributed by atoms with van der Waals surface area (Å²) in [5, 5.41) is 2.71. The van der Waals surface area contributed by atoms with Gasteiger partial charge < -0.3 is 18.9 Å². The van der Waals surface area contributed by atoms with Gasteiger partial charge in [0.1, 0.15) is 0 Å². The van der Waals surface area contributed by atoms with Crippen molar-refractivity contribution in [1.29, 1.82) is 0 Å². The zero-order valence-electron chi connectivity index (χ0n) is 12.0. The van der Waals surface area contributed by atoms with E-state index in [2.05, 4.69) is 12.2 Å². The van der Waals surface area contributed by atoms with Crippen LogP contribution in [-0.4, -0.2) is 41.7 Å². The van der Waals surface area contributed by atoms with Gasteiger partial charge in [0.05, 0.1) is 6.61 Å². The molecule has 18 heavy (non-hydrogen) atoms. The molecular formula is C12H26NO4Si. The van der Waals surface area contributed by atoms with Gasteiger partial charge in [0, 0.05) is 25.3 Å². The Kier molecular flexibility index (Phi) is 11.1.